The van der Waals surface area contributed by atoms with Gasteiger partial charge < -0.3 is 24.7 Å². The number of rotatable bonds is 3. The van der Waals surface area contributed by atoms with E-state index in [1.807, 2.05) is 0 Å². The van der Waals surface area contributed by atoms with Gasteiger partial charge in [-0.15, -0.1) is 5.10 Å². The molecule has 2 saturated heterocycles. The molecular formula is C12H15N5O5. The molecule has 10 nitrogen and oxygen atoms in total. The molecule has 118 valence electrons. The van der Waals surface area contributed by atoms with Crippen molar-refractivity contribution in [2.24, 2.45) is 0 Å². The summed E-state index contributed by atoms with van der Waals surface area (Å²) >= 11 is 0. The van der Waals surface area contributed by atoms with E-state index < -0.39 is 4.92 Å². The summed E-state index contributed by atoms with van der Waals surface area (Å²) in [5, 5.41) is 16.5. The third-order valence-corrected chi connectivity index (χ3v) is 3.96. The maximum absolute atomic E-state index is 12.2. The van der Waals surface area contributed by atoms with Crippen LogP contribution in [0.5, 0.6) is 0 Å². The number of aromatic nitrogens is 2. The van der Waals surface area contributed by atoms with Gasteiger partial charge >= 0.3 is 11.9 Å². The van der Waals surface area contributed by atoms with Crippen molar-refractivity contribution in [2.45, 2.75) is 18.9 Å². The number of carbonyl (C=O) groups is 2. The quantitative estimate of drug-likeness (QED) is 0.636. The van der Waals surface area contributed by atoms with Crippen LogP contribution in [0.15, 0.2) is 6.07 Å². The predicted octanol–water partition coefficient (Wildman–Crippen LogP) is 0.375. The maximum atomic E-state index is 12.2. The van der Waals surface area contributed by atoms with E-state index in [0.29, 0.717) is 39.1 Å². The third-order valence-electron chi connectivity index (χ3n) is 3.96. The summed E-state index contributed by atoms with van der Waals surface area (Å²) in [5.41, 5.74) is 0.0331. The molecule has 2 fully saturated rings. The van der Waals surface area contributed by atoms with Crippen molar-refractivity contribution < 1.29 is 19.2 Å². The Morgan fingerprint density at radius 1 is 1.41 bits per heavy atom. The van der Waals surface area contributed by atoms with E-state index in [2.05, 4.69) is 10.2 Å². The van der Waals surface area contributed by atoms with Gasteiger partial charge in [-0.2, -0.15) is 0 Å². The molecule has 0 aromatic carbocycles. The smallest absolute Gasteiger partial charge is 0.410 e. The molecule has 2 aliphatic heterocycles. The number of aromatic amines is 1. The van der Waals surface area contributed by atoms with E-state index in [1.165, 1.54) is 0 Å². The lowest BCUT2D eigenvalue weighted by molar-refractivity contribution is -0.389. The Hall–Kier alpha value is -2.65. The molecule has 0 spiro atoms. The Labute approximate surface area is 125 Å². The molecule has 3 heterocycles. The van der Waals surface area contributed by atoms with E-state index in [4.69, 9.17) is 4.74 Å². The van der Waals surface area contributed by atoms with Crippen LogP contribution in [0.4, 0.5) is 10.6 Å². The highest BCUT2D eigenvalue weighted by molar-refractivity contribution is 5.92. The second-order valence-corrected chi connectivity index (χ2v) is 5.23. The minimum absolute atomic E-state index is 0.0331. The van der Waals surface area contributed by atoms with Crippen molar-refractivity contribution >= 4 is 17.8 Å². The van der Waals surface area contributed by atoms with Crippen molar-refractivity contribution in [3.63, 3.8) is 0 Å². The highest BCUT2D eigenvalue weighted by Gasteiger charge is 2.34. The zero-order chi connectivity index (χ0) is 15.7. The minimum Gasteiger partial charge on any atom is -0.448 e. The molecule has 0 atom stereocenters. The summed E-state index contributed by atoms with van der Waals surface area (Å²) in [6, 6.07) is 1.21. The molecule has 1 N–H and O–H groups in total. The molecule has 2 amide bonds. The van der Waals surface area contributed by atoms with E-state index in [-0.39, 0.29) is 29.6 Å². The summed E-state index contributed by atoms with van der Waals surface area (Å²) in [6.45, 7) is 1.96. The first-order chi connectivity index (χ1) is 10.6. The molecule has 22 heavy (non-hydrogen) atoms. The number of nitrogens with zero attached hydrogens (tertiary/aromatic N) is 4. The molecule has 0 saturated carbocycles. The van der Waals surface area contributed by atoms with Crippen LogP contribution >= 0.6 is 0 Å². The van der Waals surface area contributed by atoms with Gasteiger partial charge in [0.2, 0.25) is 0 Å². The number of carbonyl (C=O) groups excluding carboxylic acids is 2. The SMILES string of the molecule is O=C(c1cc([N+](=O)[O-])[nH]n1)N1CCC(N2CCOC2=O)CC1. The van der Waals surface area contributed by atoms with Crippen LogP contribution in [0.1, 0.15) is 23.3 Å². The molecule has 1 aromatic rings. The fraction of sp³-hybridized carbons (Fsp3) is 0.583. The topological polar surface area (TPSA) is 122 Å². The third kappa shape index (κ3) is 2.59. The number of H-pyrrole nitrogens is 1. The Morgan fingerprint density at radius 3 is 2.68 bits per heavy atom. The monoisotopic (exact) mass is 309 g/mol. The first kappa shape index (κ1) is 14.3. The van der Waals surface area contributed by atoms with Crippen molar-refractivity contribution in [1.29, 1.82) is 0 Å². The molecule has 0 bridgehead atoms. The van der Waals surface area contributed by atoms with Gasteiger partial charge in [-0.3, -0.25) is 4.79 Å². The number of piperidine rings is 1. The second kappa shape index (κ2) is 5.62. The van der Waals surface area contributed by atoms with Crippen LogP contribution in [0, 0.1) is 10.1 Å². The average molecular weight is 309 g/mol. The maximum Gasteiger partial charge on any atom is 0.410 e. The Kier molecular flexibility index (Phi) is 3.65. The van der Waals surface area contributed by atoms with Gasteiger partial charge in [0.15, 0.2) is 5.69 Å². The van der Waals surface area contributed by atoms with E-state index in [1.54, 1.807) is 9.80 Å². The van der Waals surface area contributed by atoms with Crippen LogP contribution in [0.25, 0.3) is 0 Å². The Bertz CT molecular complexity index is 607. The van der Waals surface area contributed by atoms with Gasteiger partial charge in [-0.25, -0.2) is 4.79 Å². The second-order valence-electron chi connectivity index (χ2n) is 5.23. The predicted molar refractivity (Wildman–Crippen MR) is 72.2 cm³/mol. The number of hydrogen-bond donors (Lipinski definition) is 1. The first-order valence-corrected chi connectivity index (χ1v) is 6.98. The number of ether oxygens (including phenoxy) is 1. The lowest BCUT2D eigenvalue weighted by atomic mass is 10.0. The summed E-state index contributed by atoms with van der Waals surface area (Å²) in [5.74, 6) is -0.648. The van der Waals surface area contributed by atoms with Gasteiger partial charge in [-0.1, -0.05) is 5.10 Å². The van der Waals surface area contributed by atoms with Crippen LogP contribution in [0.3, 0.4) is 0 Å². The Morgan fingerprint density at radius 2 is 2.14 bits per heavy atom. The normalized spacial score (nSPS) is 19.4. The highest BCUT2D eigenvalue weighted by atomic mass is 16.6. The number of hydrogen-bond acceptors (Lipinski definition) is 6. The first-order valence-electron chi connectivity index (χ1n) is 6.98. The number of cyclic esters (lactones) is 1. The Balaban J connectivity index is 1.59. The molecule has 10 heteroatoms. The number of amides is 2. The number of nitro groups is 1. The van der Waals surface area contributed by atoms with Gasteiger partial charge in [0.25, 0.3) is 5.91 Å². The standard InChI is InChI=1S/C12H15N5O5/c18-11(9-7-10(14-13-9)17(20)21)15-3-1-8(2-4-15)16-5-6-22-12(16)19/h7-8H,1-6H2,(H,13,14). The minimum atomic E-state index is -0.630. The van der Waals surface area contributed by atoms with Crippen molar-refractivity contribution in [2.75, 3.05) is 26.2 Å². The largest absolute Gasteiger partial charge is 0.448 e. The van der Waals surface area contributed by atoms with Crippen molar-refractivity contribution in [1.82, 2.24) is 20.0 Å². The summed E-state index contributed by atoms with van der Waals surface area (Å²) in [6.07, 6.45) is 1.02. The molecular weight excluding hydrogens is 294 g/mol. The van der Waals surface area contributed by atoms with Crippen molar-refractivity contribution in [3.05, 3.63) is 21.9 Å². The fourth-order valence-corrected chi connectivity index (χ4v) is 2.79. The van der Waals surface area contributed by atoms with Crippen LogP contribution in [0.2, 0.25) is 0 Å². The van der Waals surface area contributed by atoms with Crippen LogP contribution in [-0.4, -0.2) is 69.2 Å². The lowest BCUT2D eigenvalue weighted by Crippen LogP contribution is -2.47. The van der Waals surface area contributed by atoms with Gasteiger partial charge in [0.05, 0.1) is 12.6 Å². The van der Waals surface area contributed by atoms with E-state index in [0.717, 1.165) is 6.07 Å². The zero-order valence-electron chi connectivity index (χ0n) is 11.7. The zero-order valence-corrected chi connectivity index (χ0v) is 11.7. The van der Waals surface area contributed by atoms with Gasteiger partial charge in [0.1, 0.15) is 6.61 Å². The fourth-order valence-electron chi connectivity index (χ4n) is 2.79. The average Bonchev–Trinajstić information content (AvgIpc) is 3.15. The number of likely N-dealkylation sites (tertiary alicyclic amines) is 1. The summed E-state index contributed by atoms with van der Waals surface area (Å²) in [4.78, 5) is 37.0. The van der Waals surface area contributed by atoms with E-state index in [9.17, 15) is 19.7 Å². The van der Waals surface area contributed by atoms with Crippen LogP contribution < -0.4 is 0 Å². The molecule has 0 unspecified atom stereocenters. The highest BCUT2D eigenvalue weighted by Crippen LogP contribution is 2.21. The number of nitrogens with one attached hydrogen (secondary N) is 1. The molecule has 0 aliphatic carbocycles. The van der Waals surface area contributed by atoms with E-state index >= 15 is 0 Å². The molecule has 1 aromatic heterocycles. The summed E-state index contributed by atoms with van der Waals surface area (Å²) in [7, 11) is 0. The summed E-state index contributed by atoms with van der Waals surface area (Å²) < 4.78 is 4.92. The lowest BCUT2D eigenvalue weighted by Gasteiger charge is -2.35. The van der Waals surface area contributed by atoms with Crippen molar-refractivity contribution in [3.8, 4) is 0 Å². The van der Waals surface area contributed by atoms with Crippen LogP contribution in [-0.2, 0) is 4.74 Å². The van der Waals surface area contributed by atoms with Gasteiger partial charge in [-0.05, 0) is 17.8 Å². The molecule has 0 radical (unpaired) electrons. The molecule has 2 aliphatic rings. The van der Waals surface area contributed by atoms with Gasteiger partial charge in [0, 0.05) is 19.1 Å². The molecule has 3 rings (SSSR count).